The number of benzene rings is 2. The number of likely N-dealkylation sites (N-methyl/N-ethyl adjacent to an activating group) is 1. The van der Waals surface area contributed by atoms with Gasteiger partial charge in [-0.2, -0.15) is 0 Å². The number of carbonyl (C=O) groups excluding carboxylic acids is 2. The number of piperazine rings is 1. The highest BCUT2D eigenvalue weighted by Crippen LogP contribution is 2.39. The molecule has 28 heavy (non-hydrogen) atoms. The Balaban J connectivity index is 1.46. The monoisotopic (exact) mass is 395 g/mol. The summed E-state index contributed by atoms with van der Waals surface area (Å²) < 4.78 is 0. The topological polar surface area (TPSA) is 43.9 Å². The van der Waals surface area contributed by atoms with Crippen molar-refractivity contribution in [1.82, 2.24) is 14.7 Å². The fourth-order valence-electron chi connectivity index (χ4n) is 3.66. The lowest BCUT2D eigenvalue weighted by Gasteiger charge is -2.32. The zero-order valence-electron chi connectivity index (χ0n) is 16.1. The smallest absolute Gasteiger partial charge is 0.253 e. The number of carbonyl (C=O) groups is 2. The largest absolute Gasteiger partial charge is 0.336 e. The van der Waals surface area contributed by atoms with Crippen LogP contribution < -0.4 is 0 Å². The van der Waals surface area contributed by atoms with Crippen LogP contribution in [0.3, 0.4) is 0 Å². The lowest BCUT2D eigenvalue weighted by molar-refractivity contribution is -0.128. The Labute approximate surface area is 170 Å². The van der Waals surface area contributed by atoms with E-state index in [1.54, 1.807) is 11.8 Å². The van der Waals surface area contributed by atoms with E-state index in [-0.39, 0.29) is 17.2 Å². The Morgan fingerprint density at radius 2 is 1.68 bits per heavy atom. The molecule has 2 heterocycles. The summed E-state index contributed by atoms with van der Waals surface area (Å²) in [6.45, 7) is 3.99. The summed E-state index contributed by atoms with van der Waals surface area (Å²) in [5, 5.41) is 0.000458. The first-order valence-corrected chi connectivity index (χ1v) is 10.7. The van der Waals surface area contributed by atoms with Crippen LogP contribution in [0.1, 0.15) is 26.9 Å². The second-order valence-corrected chi connectivity index (χ2v) is 8.46. The second kappa shape index (κ2) is 8.37. The van der Waals surface area contributed by atoms with Crippen LogP contribution in [0.15, 0.2) is 54.6 Å². The molecule has 2 aliphatic rings. The van der Waals surface area contributed by atoms with Crippen LogP contribution in [0.5, 0.6) is 0 Å². The van der Waals surface area contributed by atoms with Gasteiger partial charge in [-0.3, -0.25) is 9.59 Å². The minimum Gasteiger partial charge on any atom is -0.336 e. The van der Waals surface area contributed by atoms with Crippen LogP contribution in [0.2, 0.25) is 0 Å². The highest BCUT2D eigenvalue weighted by molar-refractivity contribution is 8.00. The van der Waals surface area contributed by atoms with E-state index in [0.29, 0.717) is 12.3 Å². The molecule has 4 rings (SSSR count). The van der Waals surface area contributed by atoms with E-state index in [4.69, 9.17) is 0 Å². The zero-order valence-corrected chi connectivity index (χ0v) is 16.9. The molecule has 2 aliphatic heterocycles. The highest BCUT2D eigenvalue weighted by atomic mass is 32.2. The summed E-state index contributed by atoms with van der Waals surface area (Å²) in [5.74, 6) is 0.756. The maximum Gasteiger partial charge on any atom is 0.253 e. The molecular formula is C22H25N3O2S. The highest BCUT2D eigenvalue weighted by Gasteiger charge is 2.33. The normalized spacial score (nSPS) is 20.6. The Bertz CT molecular complexity index is 833. The molecule has 0 aliphatic carbocycles. The molecule has 0 radical (unpaired) electrons. The van der Waals surface area contributed by atoms with Gasteiger partial charge in [-0.25, -0.2) is 0 Å². The van der Waals surface area contributed by atoms with E-state index in [0.717, 1.165) is 42.9 Å². The van der Waals surface area contributed by atoms with E-state index < -0.39 is 0 Å². The molecule has 0 saturated carbocycles. The molecule has 5 nitrogen and oxygen atoms in total. The van der Waals surface area contributed by atoms with Crippen molar-refractivity contribution in [1.29, 1.82) is 0 Å². The molecule has 146 valence electrons. The van der Waals surface area contributed by atoms with Gasteiger partial charge < -0.3 is 14.7 Å². The average Bonchev–Trinajstić information content (AvgIpc) is 3.09. The van der Waals surface area contributed by atoms with E-state index in [1.807, 2.05) is 64.4 Å². The summed E-state index contributed by atoms with van der Waals surface area (Å²) in [6.07, 6.45) is 0. The summed E-state index contributed by atoms with van der Waals surface area (Å²) >= 11 is 1.65. The van der Waals surface area contributed by atoms with Crippen molar-refractivity contribution >= 4 is 23.6 Å². The third kappa shape index (κ3) is 4.08. The van der Waals surface area contributed by atoms with Gasteiger partial charge in [-0.15, -0.1) is 11.8 Å². The van der Waals surface area contributed by atoms with E-state index >= 15 is 0 Å². The van der Waals surface area contributed by atoms with Gasteiger partial charge in [0, 0.05) is 38.3 Å². The van der Waals surface area contributed by atoms with Crippen molar-refractivity contribution < 1.29 is 9.59 Å². The molecule has 0 spiro atoms. The van der Waals surface area contributed by atoms with Gasteiger partial charge in [0.1, 0.15) is 5.37 Å². The molecule has 2 amide bonds. The Hall–Kier alpha value is -2.31. The maximum absolute atomic E-state index is 12.7. The molecule has 1 atom stereocenters. The second-order valence-electron chi connectivity index (χ2n) is 7.39. The van der Waals surface area contributed by atoms with Crippen molar-refractivity contribution in [3.8, 4) is 0 Å². The minimum atomic E-state index is 0.000458. The maximum atomic E-state index is 12.7. The number of nitrogens with zero attached hydrogens (tertiary/aromatic N) is 3. The van der Waals surface area contributed by atoms with E-state index in [2.05, 4.69) is 11.9 Å². The average molecular weight is 396 g/mol. The molecule has 2 fully saturated rings. The van der Waals surface area contributed by atoms with Crippen LogP contribution in [0.4, 0.5) is 0 Å². The fourth-order valence-corrected chi connectivity index (χ4v) is 4.85. The predicted octanol–water partition coefficient (Wildman–Crippen LogP) is 2.85. The van der Waals surface area contributed by atoms with Crippen molar-refractivity contribution in [3.05, 3.63) is 71.3 Å². The van der Waals surface area contributed by atoms with Crippen molar-refractivity contribution in [2.75, 3.05) is 39.0 Å². The van der Waals surface area contributed by atoms with Crippen LogP contribution in [0.25, 0.3) is 0 Å². The Kier molecular flexibility index (Phi) is 5.69. The summed E-state index contributed by atoms with van der Waals surface area (Å²) in [7, 11) is 2.08. The summed E-state index contributed by atoms with van der Waals surface area (Å²) in [5.41, 5.74) is 2.92. The number of amides is 2. The van der Waals surface area contributed by atoms with E-state index in [1.165, 1.54) is 0 Å². The summed E-state index contributed by atoms with van der Waals surface area (Å²) in [6, 6.07) is 17.9. The first kappa shape index (κ1) is 19.0. The molecule has 6 heteroatoms. The van der Waals surface area contributed by atoms with Crippen molar-refractivity contribution in [2.24, 2.45) is 0 Å². The SMILES string of the molecule is CN1CCN(C(=O)c2ccc([C@@H]3SCC(=O)N3Cc3ccccc3)cc2)CC1. The third-order valence-corrected chi connectivity index (χ3v) is 6.65. The molecule has 0 unspecified atom stereocenters. The molecule has 0 aromatic heterocycles. The molecule has 0 N–H and O–H groups in total. The predicted molar refractivity (Wildman–Crippen MR) is 112 cm³/mol. The number of rotatable bonds is 4. The standard InChI is InChI=1S/C22H25N3O2S/c1-23-11-13-24(14-12-23)21(27)18-7-9-19(10-8-18)22-25(20(26)16-28-22)15-17-5-3-2-4-6-17/h2-10,22H,11-16H2,1H3/t22-/m0/s1. The third-order valence-electron chi connectivity index (χ3n) is 5.40. The minimum absolute atomic E-state index is 0.000458. The lowest BCUT2D eigenvalue weighted by atomic mass is 10.1. The first-order chi connectivity index (χ1) is 13.6. The van der Waals surface area contributed by atoms with Gasteiger partial charge in [-0.1, -0.05) is 42.5 Å². The first-order valence-electron chi connectivity index (χ1n) is 9.64. The number of hydrogen-bond donors (Lipinski definition) is 0. The Morgan fingerprint density at radius 3 is 2.36 bits per heavy atom. The molecule has 2 aromatic rings. The van der Waals surface area contributed by atoms with Gasteiger partial charge in [-0.05, 0) is 30.3 Å². The van der Waals surface area contributed by atoms with E-state index in [9.17, 15) is 9.59 Å². The van der Waals surface area contributed by atoms with Gasteiger partial charge in [0.2, 0.25) is 5.91 Å². The van der Waals surface area contributed by atoms with Crippen LogP contribution in [-0.2, 0) is 11.3 Å². The van der Waals surface area contributed by atoms with Crippen LogP contribution in [0, 0.1) is 0 Å². The van der Waals surface area contributed by atoms with Crippen LogP contribution >= 0.6 is 11.8 Å². The molecule has 2 aromatic carbocycles. The van der Waals surface area contributed by atoms with Gasteiger partial charge in [0.05, 0.1) is 5.75 Å². The van der Waals surface area contributed by atoms with Gasteiger partial charge >= 0.3 is 0 Å². The fraction of sp³-hybridized carbons (Fsp3) is 0.364. The molecular weight excluding hydrogens is 370 g/mol. The molecule has 0 bridgehead atoms. The van der Waals surface area contributed by atoms with Crippen molar-refractivity contribution in [2.45, 2.75) is 11.9 Å². The summed E-state index contributed by atoms with van der Waals surface area (Å²) in [4.78, 5) is 31.2. The van der Waals surface area contributed by atoms with Gasteiger partial charge in [0.15, 0.2) is 0 Å². The van der Waals surface area contributed by atoms with Crippen molar-refractivity contribution in [3.63, 3.8) is 0 Å². The van der Waals surface area contributed by atoms with Crippen LogP contribution in [-0.4, -0.2) is 65.5 Å². The Morgan fingerprint density at radius 1 is 1.00 bits per heavy atom. The van der Waals surface area contributed by atoms with Gasteiger partial charge in [0.25, 0.3) is 5.91 Å². The molecule has 2 saturated heterocycles. The number of thioether (sulfide) groups is 1. The number of hydrogen-bond acceptors (Lipinski definition) is 4. The quantitative estimate of drug-likeness (QED) is 0.799. The lowest BCUT2D eigenvalue weighted by Crippen LogP contribution is -2.47. The zero-order chi connectivity index (χ0) is 19.5.